The molecule has 2 rings (SSSR count). The zero-order chi connectivity index (χ0) is 15.9. The molecule has 4 heteroatoms. The van der Waals surface area contributed by atoms with Gasteiger partial charge in [0, 0.05) is 0 Å². The van der Waals surface area contributed by atoms with Crippen LogP contribution < -0.4 is 9.47 Å². The first kappa shape index (κ1) is 15.6. The third-order valence-electron chi connectivity index (χ3n) is 2.95. The van der Waals surface area contributed by atoms with Gasteiger partial charge < -0.3 is 13.9 Å². The van der Waals surface area contributed by atoms with Crippen LogP contribution in [0.1, 0.15) is 21.9 Å². The number of benzene rings is 1. The van der Waals surface area contributed by atoms with Crippen molar-refractivity contribution < 1.29 is 18.7 Å². The minimum Gasteiger partial charge on any atom is -0.493 e. The maximum atomic E-state index is 11.9. The van der Waals surface area contributed by atoms with E-state index in [1.165, 1.54) is 6.08 Å². The topological polar surface area (TPSA) is 48.7 Å². The minimum absolute atomic E-state index is 0.181. The van der Waals surface area contributed by atoms with Crippen molar-refractivity contribution in [1.29, 1.82) is 0 Å². The molecule has 0 spiro atoms. The van der Waals surface area contributed by atoms with Crippen LogP contribution in [-0.4, -0.2) is 19.5 Å². The number of ketones is 1. The van der Waals surface area contributed by atoms with Gasteiger partial charge in [0.25, 0.3) is 0 Å². The van der Waals surface area contributed by atoms with Crippen LogP contribution >= 0.6 is 0 Å². The van der Waals surface area contributed by atoms with Crippen molar-refractivity contribution in [2.75, 3.05) is 13.7 Å². The normalized spacial score (nSPS) is 10.6. The maximum absolute atomic E-state index is 11.9. The predicted molar refractivity (Wildman–Crippen MR) is 85.5 cm³/mol. The van der Waals surface area contributed by atoms with Crippen molar-refractivity contribution in [1.82, 2.24) is 0 Å². The van der Waals surface area contributed by atoms with Gasteiger partial charge in [0.15, 0.2) is 17.3 Å². The molecule has 0 unspecified atom stereocenters. The van der Waals surface area contributed by atoms with Crippen molar-refractivity contribution in [2.45, 2.75) is 6.92 Å². The number of carbonyl (C=O) groups excluding carboxylic acids is 1. The molecular formula is C18H18O4. The molecule has 22 heavy (non-hydrogen) atoms. The molecule has 0 amide bonds. The lowest BCUT2D eigenvalue weighted by atomic mass is 10.1. The van der Waals surface area contributed by atoms with Crippen molar-refractivity contribution in [2.24, 2.45) is 0 Å². The van der Waals surface area contributed by atoms with Gasteiger partial charge in [0.05, 0.1) is 7.11 Å². The summed E-state index contributed by atoms with van der Waals surface area (Å²) in [5.74, 6) is 2.09. The highest BCUT2D eigenvalue weighted by Gasteiger charge is 2.07. The van der Waals surface area contributed by atoms with Crippen LogP contribution in [0.5, 0.6) is 11.5 Å². The van der Waals surface area contributed by atoms with E-state index in [4.69, 9.17) is 13.9 Å². The molecule has 4 nitrogen and oxygen atoms in total. The van der Waals surface area contributed by atoms with E-state index >= 15 is 0 Å². The Morgan fingerprint density at radius 3 is 2.73 bits per heavy atom. The molecular weight excluding hydrogens is 280 g/mol. The van der Waals surface area contributed by atoms with Gasteiger partial charge in [-0.3, -0.25) is 4.79 Å². The standard InChI is InChI=1S/C18H18O4/c1-4-11-21-17-10-7-14(12-18(17)20-3)6-8-15(19)16-9-5-13(2)22-16/h4-10,12H,1,11H2,2-3H3/b8-6+. The second-order valence-corrected chi connectivity index (χ2v) is 4.62. The number of rotatable bonds is 7. The predicted octanol–water partition coefficient (Wildman–Crippen LogP) is 4.06. The van der Waals surface area contributed by atoms with Crippen molar-refractivity contribution in [3.05, 3.63) is 66.1 Å². The van der Waals surface area contributed by atoms with Gasteiger partial charge >= 0.3 is 0 Å². The van der Waals surface area contributed by atoms with E-state index in [9.17, 15) is 4.79 Å². The first-order chi connectivity index (χ1) is 10.6. The second-order valence-electron chi connectivity index (χ2n) is 4.62. The SMILES string of the molecule is C=CCOc1ccc(/C=C/C(=O)c2ccc(C)o2)cc1OC. The largest absolute Gasteiger partial charge is 0.493 e. The van der Waals surface area contributed by atoms with Gasteiger partial charge in [-0.25, -0.2) is 0 Å². The highest BCUT2D eigenvalue weighted by atomic mass is 16.5. The number of hydrogen-bond acceptors (Lipinski definition) is 4. The molecule has 2 aromatic rings. The van der Waals surface area contributed by atoms with Crippen LogP contribution in [-0.2, 0) is 0 Å². The summed E-state index contributed by atoms with van der Waals surface area (Å²) in [5.41, 5.74) is 0.833. The van der Waals surface area contributed by atoms with Crippen LogP contribution in [0, 0.1) is 6.92 Å². The molecule has 0 aliphatic carbocycles. The zero-order valence-electron chi connectivity index (χ0n) is 12.7. The number of carbonyl (C=O) groups is 1. The molecule has 0 radical (unpaired) electrons. The molecule has 0 fully saturated rings. The van der Waals surface area contributed by atoms with Gasteiger partial charge in [0.1, 0.15) is 12.4 Å². The van der Waals surface area contributed by atoms with Crippen LogP contribution in [0.3, 0.4) is 0 Å². The lowest BCUT2D eigenvalue weighted by Crippen LogP contribution is -1.96. The summed E-state index contributed by atoms with van der Waals surface area (Å²) in [4.78, 5) is 11.9. The maximum Gasteiger partial charge on any atom is 0.221 e. The first-order valence-electron chi connectivity index (χ1n) is 6.84. The number of aryl methyl sites for hydroxylation is 1. The van der Waals surface area contributed by atoms with E-state index in [2.05, 4.69) is 6.58 Å². The van der Waals surface area contributed by atoms with E-state index in [0.29, 0.717) is 29.6 Å². The van der Waals surface area contributed by atoms with Crippen molar-refractivity contribution in [3.8, 4) is 11.5 Å². The molecule has 0 saturated heterocycles. The summed E-state index contributed by atoms with van der Waals surface area (Å²) in [5, 5.41) is 0. The molecule has 0 N–H and O–H groups in total. The van der Waals surface area contributed by atoms with Gasteiger partial charge in [-0.2, -0.15) is 0 Å². The Labute approximate surface area is 129 Å². The monoisotopic (exact) mass is 298 g/mol. The molecule has 0 aliphatic rings. The highest BCUT2D eigenvalue weighted by molar-refractivity contribution is 6.04. The van der Waals surface area contributed by atoms with E-state index in [-0.39, 0.29) is 5.78 Å². The van der Waals surface area contributed by atoms with Gasteiger partial charge in [0.2, 0.25) is 5.78 Å². The third kappa shape index (κ3) is 3.88. The van der Waals surface area contributed by atoms with E-state index in [1.54, 1.807) is 50.5 Å². The summed E-state index contributed by atoms with van der Waals surface area (Å²) in [6.45, 7) is 5.81. The molecule has 114 valence electrons. The molecule has 0 atom stereocenters. The van der Waals surface area contributed by atoms with Crippen molar-refractivity contribution in [3.63, 3.8) is 0 Å². The number of furan rings is 1. The number of hydrogen-bond donors (Lipinski definition) is 0. The molecule has 1 aromatic heterocycles. The Balaban J connectivity index is 2.13. The Morgan fingerprint density at radius 1 is 1.27 bits per heavy atom. The Morgan fingerprint density at radius 2 is 2.09 bits per heavy atom. The average molecular weight is 298 g/mol. The third-order valence-corrected chi connectivity index (χ3v) is 2.95. The smallest absolute Gasteiger partial charge is 0.221 e. The number of allylic oxidation sites excluding steroid dienone is 1. The van der Waals surface area contributed by atoms with Gasteiger partial charge in [-0.15, -0.1) is 0 Å². The van der Waals surface area contributed by atoms with E-state index in [1.807, 2.05) is 6.07 Å². The summed E-state index contributed by atoms with van der Waals surface area (Å²) >= 11 is 0. The van der Waals surface area contributed by atoms with Gasteiger partial charge in [-0.05, 0) is 42.8 Å². The lowest BCUT2D eigenvalue weighted by molar-refractivity contribution is 0.102. The fourth-order valence-electron chi connectivity index (χ4n) is 1.88. The number of methoxy groups -OCH3 is 1. The van der Waals surface area contributed by atoms with Crippen LogP contribution in [0.2, 0.25) is 0 Å². The fraction of sp³-hybridized carbons (Fsp3) is 0.167. The molecule has 1 aromatic carbocycles. The second kappa shape index (κ2) is 7.31. The van der Waals surface area contributed by atoms with Crippen molar-refractivity contribution >= 4 is 11.9 Å². The Kier molecular flexibility index (Phi) is 5.20. The molecule has 0 bridgehead atoms. The van der Waals surface area contributed by atoms with Gasteiger partial charge in [-0.1, -0.05) is 24.8 Å². The average Bonchev–Trinajstić information content (AvgIpc) is 2.97. The lowest BCUT2D eigenvalue weighted by Gasteiger charge is -2.09. The molecule has 0 aliphatic heterocycles. The number of ether oxygens (including phenoxy) is 2. The van der Waals surface area contributed by atoms with Crippen LogP contribution in [0.25, 0.3) is 6.08 Å². The summed E-state index contributed by atoms with van der Waals surface area (Å²) in [6, 6.07) is 8.86. The summed E-state index contributed by atoms with van der Waals surface area (Å²) in [7, 11) is 1.57. The summed E-state index contributed by atoms with van der Waals surface area (Å²) < 4.78 is 16.0. The van der Waals surface area contributed by atoms with Crippen LogP contribution in [0.15, 0.2) is 53.5 Å². The molecule has 1 heterocycles. The minimum atomic E-state index is -0.181. The van der Waals surface area contributed by atoms with E-state index in [0.717, 1.165) is 5.56 Å². The zero-order valence-corrected chi connectivity index (χ0v) is 12.7. The van der Waals surface area contributed by atoms with E-state index < -0.39 is 0 Å². The Hall–Kier alpha value is -2.75. The summed E-state index contributed by atoms with van der Waals surface area (Å²) in [6.07, 6.45) is 4.84. The Bertz CT molecular complexity index is 695. The fourth-order valence-corrected chi connectivity index (χ4v) is 1.88. The quantitative estimate of drug-likeness (QED) is 0.439. The highest BCUT2D eigenvalue weighted by Crippen LogP contribution is 2.28. The first-order valence-corrected chi connectivity index (χ1v) is 6.84. The van der Waals surface area contributed by atoms with Crippen LogP contribution in [0.4, 0.5) is 0 Å². The molecule has 0 saturated carbocycles.